The van der Waals surface area contributed by atoms with Crippen LogP contribution >= 0.6 is 39.5 Å². The van der Waals surface area contributed by atoms with Crippen molar-refractivity contribution in [2.24, 2.45) is 10.4 Å². The third-order valence-corrected chi connectivity index (χ3v) is 4.46. The molecule has 0 amide bonds. The fourth-order valence-corrected chi connectivity index (χ4v) is 2.56. The van der Waals surface area contributed by atoms with Gasteiger partial charge in [-0.1, -0.05) is 71.3 Å². The summed E-state index contributed by atoms with van der Waals surface area (Å²) in [6.07, 6.45) is 2.23. The van der Waals surface area contributed by atoms with Crippen LogP contribution in [0.3, 0.4) is 0 Å². The minimum absolute atomic E-state index is 0.138. The van der Waals surface area contributed by atoms with E-state index in [1.165, 1.54) is 23.7 Å². The molecule has 0 atom stereocenters. The Morgan fingerprint density at radius 3 is 1.92 bits per heavy atom. The first kappa shape index (κ1) is 23.8. The molecule has 2 rings (SSSR count). The van der Waals surface area contributed by atoms with E-state index in [0.29, 0.717) is 5.17 Å². The summed E-state index contributed by atoms with van der Waals surface area (Å²) in [6.45, 7) is 12.7. The molecule has 0 N–H and O–H groups in total. The molecule has 0 bridgehead atoms. The van der Waals surface area contributed by atoms with Crippen LogP contribution in [0.15, 0.2) is 29.3 Å². The number of nitrogens with zero attached hydrogens (tertiary/aromatic N) is 1. The van der Waals surface area contributed by atoms with E-state index in [0.717, 1.165) is 11.3 Å². The summed E-state index contributed by atoms with van der Waals surface area (Å²) in [5.41, 5.74) is 1.96. The monoisotopic (exact) mass is 453 g/mol. The number of hydrogen-bond donors (Lipinski definition) is 0. The Labute approximate surface area is 175 Å². The van der Waals surface area contributed by atoms with Gasteiger partial charge in [-0.2, -0.15) is 0 Å². The molecule has 5 radical (unpaired) electrons. The Kier molecular flexibility index (Phi) is 9.85. The Hall–Kier alpha value is 0.764. The number of aliphatic imine (C=N–C) groups is 1. The van der Waals surface area contributed by atoms with Gasteiger partial charge in [0.15, 0.2) is 0 Å². The Balaban J connectivity index is 0.000000705. The first-order chi connectivity index (χ1) is 11.4. The van der Waals surface area contributed by atoms with Gasteiger partial charge in [0.1, 0.15) is 5.17 Å². The van der Waals surface area contributed by atoms with E-state index in [-0.39, 0.29) is 5.41 Å². The predicted octanol–water partition coefficient (Wildman–Crippen LogP) is 7.99. The van der Waals surface area contributed by atoms with Gasteiger partial charge in [0.25, 0.3) is 0 Å². The first-order valence-electron chi connectivity index (χ1n) is 7.86. The van der Waals surface area contributed by atoms with Crippen molar-refractivity contribution >= 4 is 50.4 Å². The second-order valence-corrected chi connectivity index (χ2v) is 15.0. The van der Waals surface area contributed by atoms with Gasteiger partial charge >= 0.3 is 42.6 Å². The van der Waals surface area contributed by atoms with Crippen LogP contribution < -0.4 is 0 Å². The topological polar surface area (TPSA) is 12.4 Å². The molecule has 1 aliphatic carbocycles. The zero-order chi connectivity index (χ0) is 19.4. The van der Waals surface area contributed by atoms with E-state index >= 15 is 0 Å². The number of hydrogen-bond acceptors (Lipinski definition) is 1. The quantitative estimate of drug-likeness (QED) is 0.317. The van der Waals surface area contributed by atoms with Gasteiger partial charge in [0, 0.05) is 11.3 Å². The summed E-state index contributed by atoms with van der Waals surface area (Å²) in [4.78, 5) is 4.68. The molecule has 1 saturated carbocycles. The zero-order valence-corrected chi connectivity index (χ0v) is 19.9. The van der Waals surface area contributed by atoms with Gasteiger partial charge in [0.05, 0.1) is 5.69 Å². The average molecular weight is 455 g/mol. The molecule has 1 aromatic carbocycles. The Bertz CT molecular complexity index is 580. The van der Waals surface area contributed by atoms with Crippen LogP contribution in [0, 0.1) is 35.5 Å². The van der Waals surface area contributed by atoms with E-state index in [2.05, 4.69) is 65.1 Å². The molecule has 0 saturated heterocycles. The molecule has 0 spiro atoms. The van der Waals surface area contributed by atoms with Crippen molar-refractivity contribution in [1.82, 2.24) is 0 Å². The Morgan fingerprint density at radius 2 is 1.48 bits per heavy atom. The van der Waals surface area contributed by atoms with Crippen LogP contribution in [-0.2, 0) is 14.7 Å². The van der Waals surface area contributed by atoms with Crippen LogP contribution in [0.4, 0.5) is 5.69 Å². The predicted molar refractivity (Wildman–Crippen MR) is 110 cm³/mol. The summed E-state index contributed by atoms with van der Waals surface area (Å²) in [5.74, 6) is 5.22. The SMILES string of the molecule is C[C]1[CH][C](C)[C](c2ccccc2N=C(Cl)C(C)(C)C)[C]1C.[Cl][Ti+]([Cl])[Cl]. The molecule has 1 aliphatic rings. The molecular weight excluding hydrogens is 432 g/mol. The maximum absolute atomic E-state index is 6.39. The van der Waals surface area contributed by atoms with Crippen molar-refractivity contribution in [1.29, 1.82) is 0 Å². The summed E-state index contributed by atoms with van der Waals surface area (Å²) < 4.78 is 0. The van der Waals surface area contributed by atoms with Gasteiger partial charge in [-0.3, -0.25) is 0 Å². The molecule has 6 heteroatoms. The van der Waals surface area contributed by atoms with Crippen molar-refractivity contribution in [3.05, 3.63) is 59.9 Å². The summed E-state index contributed by atoms with van der Waals surface area (Å²) in [5, 5.41) is 0.633. The van der Waals surface area contributed by atoms with Gasteiger partial charge in [0.2, 0.25) is 0 Å². The normalized spacial score (nSPS) is 18.2. The first-order valence-corrected chi connectivity index (χ1v) is 14.7. The van der Waals surface area contributed by atoms with Crippen LogP contribution in [-0.4, -0.2) is 5.17 Å². The Morgan fingerprint density at radius 1 is 0.960 bits per heavy atom. The van der Waals surface area contributed by atoms with Gasteiger partial charge < -0.3 is 0 Å². The molecule has 1 aromatic rings. The number of para-hydroxylation sites is 1. The van der Waals surface area contributed by atoms with Gasteiger partial charge in [-0.25, -0.2) is 4.99 Å². The van der Waals surface area contributed by atoms with Crippen molar-refractivity contribution in [2.45, 2.75) is 41.5 Å². The summed E-state index contributed by atoms with van der Waals surface area (Å²) in [7, 11) is 14.9. The van der Waals surface area contributed by atoms with Gasteiger partial charge in [-0.05, 0) is 35.8 Å². The summed E-state index contributed by atoms with van der Waals surface area (Å²) >= 11 is 4.47. The van der Waals surface area contributed by atoms with Crippen LogP contribution in [0.1, 0.15) is 47.1 Å². The fourth-order valence-electron chi connectivity index (χ4n) is 2.47. The molecule has 0 aromatic heterocycles. The third kappa shape index (κ3) is 7.36. The number of halogens is 4. The van der Waals surface area contributed by atoms with E-state index in [1.807, 2.05) is 12.1 Å². The number of benzene rings is 1. The third-order valence-electron chi connectivity index (χ3n) is 3.80. The molecule has 135 valence electrons. The van der Waals surface area contributed by atoms with Gasteiger partial charge in [-0.15, -0.1) is 0 Å². The standard InChI is InChI=1S/C19H23ClN.3ClH.Ti/c1-12-11-13(2)17(14(12)3)15-9-7-8-10-16(15)21-18(20)19(4,5)6;;;;/h7-11H,1-6H3;3*1H;/q;;;;+4/p-3. The molecular formula is C19H23Cl4NTi+. The minimum atomic E-state index is -1.92. The molecule has 25 heavy (non-hydrogen) atoms. The van der Waals surface area contributed by atoms with E-state index in [9.17, 15) is 0 Å². The van der Waals surface area contributed by atoms with Crippen molar-refractivity contribution in [3.8, 4) is 0 Å². The number of rotatable bonds is 2. The second-order valence-electron chi connectivity index (χ2n) is 6.89. The van der Waals surface area contributed by atoms with Crippen molar-refractivity contribution in [2.75, 3.05) is 0 Å². The molecule has 0 heterocycles. The summed E-state index contributed by atoms with van der Waals surface area (Å²) in [6, 6.07) is 8.22. The van der Waals surface area contributed by atoms with E-state index < -0.39 is 14.7 Å². The van der Waals surface area contributed by atoms with Crippen molar-refractivity contribution in [3.63, 3.8) is 0 Å². The van der Waals surface area contributed by atoms with Crippen LogP contribution in [0.2, 0.25) is 0 Å². The maximum atomic E-state index is 6.39. The fraction of sp³-hybridized carbons (Fsp3) is 0.368. The second kappa shape index (κ2) is 10.3. The molecule has 0 aliphatic heterocycles. The average Bonchev–Trinajstić information content (AvgIpc) is 2.71. The molecule has 0 unspecified atom stereocenters. The van der Waals surface area contributed by atoms with Crippen LogP contribution in [0.25, 0.3) is 0 Å². The van der Waals surface area contributed by atoms with Crippen molar-refractivity contribution < 1.29 is 14.7 Å². The zero-order valence-electron chi connectivity index (χ0n) is 15.3. The molecule has 1 fully saturated rings. The van der Waals surface area contributed by atoms with E-state index in [1.54, 1.807) is 0 Å². The van der Waals surface area contributed by atoms with Crippen LogP contribution in [0.5, 0.6) is 0 Å². The molecule has 1 nitrogen and oxygen atoms in total. The van der Waals surface area contributed by atoms with E-state index in [4.69, 9.17) is 39.5 Å².